The number of nitrogens with one attached hydrogen (secondary N) is 2. The molecule has 1 heterocycles. The lowest BCUT2D eigenvalue weighted by atomic mass is 10.2. The van der Waals surface area contributed by atoms with Gasteiger partial charge in [0.15, 0.2) is 0 Å². The Morgan fingerprint density at radius 2 is 2.00 bits per heavy atom. The first-order valence-corrected chi connectivity index (χ1v) is 6.81. The predicted octanol–water partition coefficient (Wildman–Crippen LogP) is 3.89. The molecule has 0 fully saturated rings. The van der Waals surface area contributed by atoms with E-state index in [-0.39, 0.29) is 11.7 Å². The maximum atomic E-state index is 13.1. The zero-order valence-electron chi connectivity index (χ0n) is 11.0. The van der Waals surface area contributed by atoms with Crippen LogP contribution >= 0.6 is 11.6 Å². The molecule has 0 aliphatic heterocycles. The number of aromatic nitrogens is 1. The number of hydrogen-bond donors (Lipinski definition) is 2. The van der Waals surface area contributed by atoms with E-state index in [4.69, 9.17) is 11.6 Å². The van der Waals surface area contributed by atoms with E-state index in [1.807, 2.05) is 18.2 Å². The van der Waals surface area contributed by atoms with Crippen molar-refractivity contribution < 1.29 is 9.18 Å². The molecular formula is C16H12ClFN2O. The lowest BCUT2D eigenvalue weighted by molar-refractivity contribution is 0.0947. The van der Waals surface area contributed by atoms with E-state index in [9.17, 15) is 9.18 Å². The molecule has 1 aromatic heterocycles. The molecule has 0 bridgehead atoms. The van der Waals surface area contributed by atoms with Crippen molar-refractivity contribution in [2.24, 2.45) is 0 Å². The van der Waals surface area contributed by atoms with E-state index in [2.05, 4.69) is 10.3 Å². The highest BCUT2D eigenvalue weighted by Crippen LogP contribution is 2.17. The van der Waals surface area contributed by atoms with Crippen LogP contribution in [0.5, 0.6) is 0 Å². The first kappa shape index (κ1) is 13.6. The van der Waals surface area contributed by atoms with Crippen LogP contribution in [0.25, 0.3) is 10.9 Å². The van der Waals surface area contributed by atoms with Crippen LogP contribution in [0.1, 0.15) is 16.1 Å². The number of amides is 1. The summed E-state index contributed by atoms with van der Waals surface area (Å²) >= 11 is 6.03. The molecule has 3 nitrogen and oxygen atoms in total. The van der Waals surface area contributed by atoms with Gasteiger partial charge in [0.25, 0.3) is 5.91 Å². The Morgan fingerprint density at radius 3 is 2.81 bits per heavy atom. The van der Waals surface area contributed by atoms with Gasteiger partial charge in [-0.3, -0.25) is 4.79 Å². The lowest BCUT2D eigenvalue weighted by Crippen LogP contribution is -2.23. The zero-order valence-corrected chi connectivity index (χ0v) is 11.7. The molecule has 1 amide bonds. The summed E-state index contributed by atoms with van der Waals surface area (Å²) in [6.45, 7) is 0.336. The van der Waals surface area contributed by atoms with Crippen LogP contribution in [0.3, 0.4) is 0 Å². The largest absolute Gasteiger partial charge is 0.351 e. The molecule has 0 saturated heterocycles. The summed E-state index contributed by atoms with van der Waals surface area (Å²) in [6.07, 6.45) is 0. The smallest absolute Gasteiger partial charge is 0.267 e. The van der Waals surface area contributed by atoms with Crippen molar-refractivity contribution >= 4 is 28.4 Å². The van der Waals surface area contributed by atoms with Crippen molar-refractivity contribution in [3.05, 3.63) is 70.6 Å². The number of fused-ring (bicyclic) bond motifs is 1. The summed E-state index contributed by atoms with van der Waals surface area (Å²) in [6, 6.07) is 13.3. The SMILES string of the molecule is O=C(NCc1ccccc1Cl)c1cc2cc(F)ccc2[nH]1. The maximum absolute atomic E-state index is 13.1. The Hall–Kier alpha value is -2.33. The topological polar surface area (TPSA) is 44.9 Å². The normalized spacial score (nSPS) is 10.8. The fraction of sp³-hybridized carbons (Fsp3) is 0.0625. The van der Waals surface area contributed by atoms with Crippen LogP contribution in [0.2, 0.25) is 5.02 Å². The van der Waals surface area contributed by atoms with Crippen LogP contribution in [-0.2, 0) is 6.54 Å². The van der Waals surface area contributed by atoms with Crippen molar-refractivity contribution in [2.75, 3.05) is 0 Å². The molecule has 0 saturated carbocycles. The second-order valence-corrected chi connectivity index (χ2v) is 5.10. The van der Waals surface area contributed by atoms with Crippen molar-refractivity contribution in [1.29, 1.82) is 0 Å². The quantitative estimate of drug-likeness (QED) is 0.757. The average Bonchev–Trinajstić information content (AvgIpc) is 2.89. The summed E-state index contributed by atoms with van der Waals surface area (Å²) in [7, 11) is 0. The number of aromatic amines is 1. The van der Waals surface area contributed by atoms with Gasteiger partial charge >= 0.3 is 0 Å². The van der Waals surface area contributed by atoms with Gasteiger partial charge in [0.2, 0.25) is 0 Å². The maximum Gasteiger partial charge on any atom is 0.267 e. The third-order valence-electron chi connectivity index (χ3n) is 3.22. The van der Waals surface area contributed by atoms with Crippen molar-refractivity contribution in [3.63, 3.8) is 0 Å². The molecule has 0 aliphatic rings. The van der Waals surface area contributed by atoms with Crippen molar-refractivity contribution in [3.8, 4) is 0 Å². The third kappa shape index (κ3) is 2.90. The molecule has 3 rings (SSSR count). The van der Waals surface area contributed by atoms with Gasteiger partial charge in [-0.25, -0.2) is 4.39 Å². The van der Waals surface area contributed by atoms with Gasteiger partial charge in [0.05, 0.1) is 0 Å². The third-order valence-corrected chi connectivity index (χ3v) is 3.59. The molecule has 0 aliphatic carbocycles. The lowest BCUT2D eigenvalue weighted by Gasteiger charge is -2.05. The molecule has 0 radical (unpaired) electrons. The van der Waals surface area contributed by atoms with Crippen LogP contribution in [0.4, 0.5) is 4.39 Å². The second kappa shape index (κ2) is 5.58. The standard InChI is InChI=1S/C16H12ClFN2O/c17-13-4-2-1-3-10(13)9-19-16(21)15-8-11-7-12(18)5-6-14(11)20-15/h1-8,20H,9H2,(H,19,21). The number of halogens is 2. The number of hydrogen-bond acceptors (Lipinski definition) is 1. The van der Waals surface area contributed by atoms with E-state index in [0.29, 0.717) is 22.6 Å². The van der Waals surface area contributed by atoms with E-state index >= 15 is 0 Å². The molecule has 5 heteroatoms. The first-order chi connectivity index (χ1) is 10.1. The summed E-state index contributed by atoms with van der Waals surface area (Å²) in [5.41, 5.74) is 1.96. The number of carbonyl (C=O) groups is 1. The highest BCUT2D eigenvalue weighted by atomic mass is 35.5. The van der Waals surface area contributed by atoms with Gasteiger partial charge in [-0.1, -0.05) is 29.8 Å². The minimum absolute atomic E-state index is 0.258. The highest BCUT2D eigenvalue weighted by Gasteiger charge is 2.10. The number of benzene rings is 2. The summed E-state index contributed by atoms with van der Waals surface area (Å²) in [5.74, 6) is -0.587. The zero-order chi connectivity index (χ0) is 14.8. The molecule has 106 valence electrons. The molecule has 0 unspecified atom stereocenters. The molecule has 3 aromatic rings. The van der Waals surface area contributed by atoms with Crippen LogP contribution in [0, 0.1) is 5.82 Å². The Balaban J connectivity index is 1.76. The van der Waals surface area contributed by atoms with E-state index in [1.165, 1.54) is 12.1 Å². The Kier molecular flexibility index (Phi) is 3.62. The predicted molar refractivity (Wildman–Crippen MR) is 80.9 cm³/mol. The average molecular weight is 303 g/mol. The Labute approximate surface area is 125 Å². The van der Waals surface area contributed by atoms with Gasteiger partial charge in [0, 0.05) is 22.5 Å². The van der Waals surface area contributed by atoms with Crippen LogP contribution in [-0.4, -0.2) is 10.9 Å². The molecule has 2 aromatic carbocycles. The first-order valence-electron chi connectivity index (χ1n) is 6.43. The Bertz CT molecular complexity index is 813. The highest BCUT2D eigenvalue weighted by molar-refractivity contribution is 6.31. The molecule has 21 heavy (non-hydrogen) atoms. The number of carbonyl (C=O) groups excluding carboxylic acids is 1. The fourth-order valence-electron chi connectivity index (χ4n) is 2.14. The van der Waals surface area contributed by atoms with Crippen molar-refractivity contribution in [2.45, 2.75) is 6.54 Å². The summed E-state index contributed by atoms with van der Waals surface area (Å²) in [5, 5.41) is 4.06. The minimum Gasteiger partial charge on any atom is -0.351 e. The number of rotatable bonds is 3. The Morgan fingerprint density at radius 1 is 1.19 bits per heavy atom. The van der Waals surface area contributed by atoms with Gasteiger partial charge in [0.1, 0.15) is 11.5 Å². The second-order valence-electron chi connectivity index (χ2n) is 4.69. The van der Waals surface area contributed by atoms with Gasteiger partial charge in [-0.05, 0) is 35.9 Å². The van der Waals surface area contributed by atoms with Crippen LogP contribution < -0.4 is 5.32 Å². The molecular weight excluding hydrogens is 291 g/mol. The summed E-state index contributed by atoms with van der Waals surface area (Å²) < 4.78 is 13.1. The fourth-order valence-corrected chi connectivity index (χ4v) is 2.34. The molecule has 0 atom stereocenters. The van der Waals surface area contributed by atoms with Crippen molar-refractivity contribution in [1.82, 2.24) is 10.3 Å². The van der Waals surface area contributed by atoms with E-state index < -0.39 is 0 Å². The van der Waals surface area contributed by atoms with Crippen LogP contribution in [0.15, 0.2) is 48.5 Å². The van der Waals surface area contributed by atoms with E-state index in [0.717, 1.165) is 11.1 Å². The van der Waals surface area contributed by atoms with E-state index in [1.54, 1.807) is 18.2 Å². The van der Waals surface area contributed by atoms with Gasteiger partial charge in [-0.2, -0.15) is 0 Å². The molecule has 2 N–H and O–H groups in total. The van der Waals surface area contributed by atoms with Gasteiger partial charge in [-0.15, -0.1) is 0 Å². The monoisotopic (exact) mass is 302 g/mol. The van der Waals surface area contributed by atoms with Gasteiger partial charge < -0.3 is 10.3 Å². The molecule has 0 spiro atoms. The number of H-pyrrole nitrogens is 1. The summed E-state index contributed by atoms with van der Waals surface area (Å²) in [4.78, 5) is 15.1. The minimum atomic E-state index is -0.329.